The van der Waals surface area contributed by atoms with Crippen LogP contribution in [-0.4, -0.2) is 60.0 Å². The van der Waals surface area contributed by atoms with Crippen LogP contribution < -0.4 is 27.0 Å². The Hall–Kier alpha value is -3.92. The van der Waals surface area contributed by atoms with E-state index in [4.69, 9.17) is 5.73 Å². The first kappa shape index (κ1) is 28.3. The zero-order valence-corrected chi connectivity index (χ0v) is 20.6. The Morgan fingerprint density at radius 3 is 2.08 bits per heavy atom. The maximum Gasteiger partial charge on any atom is 0.243 e. The zero-order chi connectivity index (χ0) is 26.5. The minimum Gasteiger partial charge on any atom is -0.508 e. The quantitative estimate of drug-likeness (QED) is 0.231. The van der Waals surface area contributed by atoms with Crippen LogP contribution in [0, 0.1) is 0 Å². The number of carbonyl (C=O) groups excluding carboxylic acids is 4. The summed E-state index contributed by atoms with van der Waals surface area (Å²) in [6, 6.07) is 14.0. The minimum absolute atomic E-state index is 0.0355. The van der Waals surface area contributed by atoms with Crippen LogP contribution in [0.3, 0.4) is 0 Å². The van der Waals surface area contributed by atoms with Crippen molar-refractivity contribution < 1.29 is 24.3 Å². The van der Waals surface area contributed by atoms with Crippen LogP contribution >= 0.6 is 0 Å². The first-order valence-corrected chi connectivity index (χ1v) is 11.9. The van der Waals surface area contributed by atoms with E-state index in [2.05, 4.69) is 21.3 Å². The Bertz CT molecular complexity index is 1010. The van der Waals surface area contributed by atoms with Gasteiger partial charge in [-0.2, -0.15) is 0 Å². The van der Waals surface area contributed by atoms with Gasteiger partial charge in [-0.3, -0.25) is 19.2 Å². The van der Waals surface area contributed by atoms with Gasteiger partial charge in [0.1, 0.15) is 11.8 Å². The van der Waals surface area contributed by atoms with Crippen molar-refractivity contribution >= 4 is 23.6 Å². The number of phenolic OH excluding ortho intramolecular Hbond substituents is 1. The van der Waals surface area contributed by atoms with E-state index in [9.17, 15) is 24.3 Å². The van der Waals surface area contributed by atoms with Gasteiger partial charge in [-0.05, 0) is 43.5 Å². The van der Waals surface area contributed by atoms with E-state index in [0.717, 1.165) is 11.1 Å². The van der Waals surface area contributed by atoms with Gasteiger partial charge in [-0.1, -0.05) is 42.5 Å². The molecule has 7 N–H and O–H groups in total. The highest BCUT2D eigenvalue weighted by Crippen LogP contribution is 2.11. The summed E-state index contributed by atoms with van der Waals surface area (Å²) in [5.41, 5.74) is 7.59. The van der Waals surface area contributed by atoms with E-state index in [1.807, 2.05) is 44.2 Å². The van der Waals surface area contributed by atoms with Gasteiger partial charge in [-0.25, -0.2) is 0 Å². The van der Waals surface area contributed by atoms with Gasteiger partial charge >= 0.3 is 0 Å². The summed E-state index contributed by atoms with van der Waals surface area (Å²) >= 11 is 0. The number of phenols is 1. The van der Waals surface area contributed by atoms with Crippen LogP contribution in [0.2, 0.25) is 0 Å². The van der Waals surface area contributed by atoms with Crippen LogP contribution in [0.15, 0.2) is 54.6 Å². The monoisotopic (exact) mass is 497 g/mol. The molecule has 0 saturated heterocycles. The second-order valence-corrected chi connectivity index (χ2v) is 8.77. The largest absolute Gasteiger partial charge is 0.508 e. The lowest BCUT2D eigenvalue weighted by Gasteiger charge is -2.20. The van der Waals surface area contributed by atoms with Crippen LogP contribution in [-0.2, 0) is 32.0 Å². The molecule has 194 valence electrons. The van der Waals surface area contributed by atoms with E-state index in [-0.39, 0.29) is 43.6 Å². The number of hydrogen-bond donors (Lipinski definition) is 6. The summed E-state index contributed by atoms with van der Waals surface area (Å²) in [4.78, 5) is 49.2. The van der Waals surface area contributed by atoms with Crippen molar-refractivity contribution in [2.24, 2.45) is 5.73 Å². The third-order valence-corrected chi connectivity index (χ3v) is 5.19. The maximum atomic E-state index is 12.5. The first-order chi connectivity index (χ1) is 17.1. The highest BCUT2D eigenvalue weighted by molar-refractivity contribution is 5.90. The Balaban J connectivity index is 1.74. The van der Waals surface area contributed by atoms with Crippen molar-refractivity contribution in [2.45, 2.75) is 51.2 Å². The average Bonchev–Trinajstić information content (AvgIpc) is 2.84. The molecule has 0 bridgehead atoms. The lowest BCUT2D eigenvalue weighted by Crippen LogP contribution is -2.51. The molecular weight excluding hydrogens is 462 g/mol. The molecule has 0 aliphatic rings. The minimum atomic E-state index is -0.804. The molecule has 0 aliphatic carbocycles. The fraction of sp³-hybridized carbons (Fsp3) is 0.385. The number of nitrogens with two attached hydrogens (primary N) is 1. The summed E-state index contributed by atoms with van der Waals surface area (Å²) < 4.78 is 0. The lowest BCUT2D eigenvalue weighted by molar-refractivity contribution is -0.130. The summed E-state index contributed by atoms with van der Waals surface area (Å²) in [6.45, 7) is 3.42. The van der Waals surface area contributed by atoms with Crippen LogP contribution in [0.5, 0.6) is 5.75 Å². The zero-order valence-electron chi connectivity index (χ0n) is 20.6. The standard InChI is InChI=1S/C26H35N5O5/c1-17(2)30-26(36)22(15-18-6-4-3-5-7-18)31-24(34)16-29-23(33)12-13-28-25(35)21(27)14-19-8-10-20(32)11-9-19/h3-11,17,21-22,32H,12-16,27H2,1-2H3,(H,28,35)(H,29,33)(H,30,36)(H,31,34)/t21-,22-/m0/s1. The maximum absolute atomic E-state index is 12.5. The second kappa shape index (κ2) is 14.5. The Kier molecular flexibility index (Phi) is 11.4. The molecule has 2 aromatic rings. The predicted octanol–water partition coefficient (Wildman–Crippen LogP) is 0.137. The number of hydrogen-bond acceptors (Lipinski definition) is 6. The van der Waals surface area contributed by atoms with Crippen LogP contribution in [0.4, 0.5) is 0 Å². The van der Waals surface area contributed by atoms with Gasteiger partial charge in [-0.15, -0.1) is 0 Å². The number of rotatable bonds is 13. The molecule has 0 unspecified atom stereocenters. The highest BCUT2D eigenvalue weighted by atomic mass is 16.3. The van der Waals surface area contributed by atoms with Crippen molar-refractivity contribution in [3.63, 3.8) is 0 Å². The summed E-state index contributed by atoms with van der Waals surface area (Å²) in [5.74, 6) is -1.51. The molecule has 4 amide bonds. The molecular formula is C26H35N5O5. The van der Waals surface area contributed by atoms with Gasteiger partial charge in [0.05, 0.1) is 12.6 Å². The molecule has 0 spiro atoms. The normalized spacial score (nSPS) is 12.3. The number of carbonyl (C=O) groups is 4. The van der Waals surface area contributed by atoms with Gasteiger partial charge < -0.3 is 32.1 Å². The first-order valence-electron chi connectivity index (χ1n) is 11.9. The Morgan fingerprint density at radius 1 is 0.806 bits per heavy atom. The molecule has 10 nitrogen and oxygen atoms in total. The molecule has 2 atom stereocenters. The Labute approximate surface area is 211 Å². The highest BCUT2D eigenvalue weighted by Gasteiger charge is 2.22. The van der Waals surface area contributed by atoms with Gasteiger partial charge in [0, 0.05) is 25.4 Å². The molecule has 2 rings (SSSR count). The molecule has 2 aromatic carbocycles. The molecule has 0 radical (unpaired) electrons. The van der Waals surface area contributed by atoms with Gasteiger partial charge in [0.15, 0.2) is 0 Å². The van der Waals surface area contributed by atoms with Crippen LogP contribution in [0.1, 0.15) is 31.4 Å². The fourth-order valence-corrected chi connectivity index (χ4v) is 3.37. The molecule has 0 fully saturated rings. The SMILES string of the molecule is CC(C)NC(=O)[C@H](Cc1ccccc1)NC(=O)CNC(=O)CCNC(=O)[C@@H](N)Cc1ccc(O)cc1. The number of benzene rings is 2. The van der Waals surface area contributed by atoms with Crippen molar-refractivity contribution in [2.75, 3.05) is 13.1 Å². The lowest BCUT2D eigenvalue weighted by atomic mass is 10.0. The smallest absolute Gasteiger partial charge is 0.243 e. The molecule has 0 aliphatic heterocycles. The molecule has 0 aromatic heterocycles. The number of aromatic hydroxyl groups is 1. The number of amides is 4. The third kappa shape index (κ3) is 10.6. The van der Waals surface area contributed by atoms with Crippen molar-refractivity contribution in [3.8, 4) is 5.75 Å². The van der Waals surface area contributed by atoms with Crippen LogP contribution in [0.25, 0.3) is 0 Å². The van der Waals surface area contributed by atoms with E-state index in [0.29, 0.717) is 6.42 Å². The third-order valence-electron chi connectivity index (χ3n) is 5.19. The van der Waals surface area contributed by atoms with Crippen molar-refractivity contribution in [1.29, 1.82) is 0 Å². The molecule has 10 heteroatoms. The summed E-state index contributed by atoms with van der Waals surface area (Å²) in [7, 11) is 0. The number of nitrogens with one attached hydrogen (secondary N) is 4. The predicted molar refractivity (Wildman–Crippen MR) is 136 cm³/mol. The van der Waals surface area contributed by atoms with Gasteiger partial charge in [0.25, 0.3) is 0 Å². The summed E-state index contributed by atoms with van der Waals surface area (Å²) in [6.07, 6.45) is 0.564. The van der Waals surface area contributed by atoms with E-state index < -0.39 is 29.8 Å². The topological polar surface area (TPSA) is 163 Å². The fourth-order valence-electron chi connectivity index (χ4n) is 3.37. The van der Waals surface area contributed by atoms with Crippen molar-refractivity contribution in [3.05, 3.63) is 65.7 Å². The average molecular weight is 498 g/mol. The van der Waals surface area contributed by atoms with E-state index >= 15 is 0 Å². The molecule has 36 heavy (non-hydrogen) atoms. The van der Waals surface area contributed by atoms with E-state index in [1.54, 1.807) is 12.1 Å². The van der Waals surface area contributed by atoms with E-state index in [1.165, 1.54) is 12.1 Å². The van der Waals surface area contributed by atoms with Crippen molar-refractivity contribution in [1.82, 2.24) is 21.3 Å². The molecule has 0 saturated carbocycles. The Morgan fingerprint density at radius 2 is 1.44 bits per heavy atom. The van der Waals surface area contributed by atoms with Gasteiger partial charge in [0.2, 0.25) is 23.6 Å². The molecule has 0 heterocycles. The summed E-state index contributed by atoms with van der Waals surface area (Å²) in [5, 5.41) is 19.9. The second-order valence-electron chi connectivity index (χ2n) is 8.77.